The van der Waals surface area contributed by atoms with Gasteiger partial charge in [-0.15, -0.1) is 0 Å². The van der Waals surface area contributed by atoms with Gasteiger partial charge in [0.05, 0.1) is 19.7 Å². The number of carboxylic acids is 1. The summed E-state index contributed by atoms with van der Waals surface area (Å²) in [4.78, 5) is 24.2. The zero-order chi connectivity index (χ0) is 15.5. The molecule has 0 heterocycles. The summed E-state index contributed by atoms with van der Waals surface area (Å²) < 4.78 is 4.92. The van der Waals surface area contributed by atoms with Crippen molar-refractivity contribution in [2.75, 3.05) is 33.4 Å². The molecule has 1 atom stereocenters. The second-order valence-electron chi connectivity index (χ2n) is 5.54. The fourth-order valence-electron chi connectivity index (χ4n) is 1.80. The second kappa shape index (κ2) is 10.6. The summed E-state index contributed by atoms with van der Waals surface area (Å²) in [6, 6.07) is 0.110. The Labute approximate surface area is 121 Å². The molecule has 0 saturated carbocycles. The van der Waals surface area contributed by atoms with E-state index < -0.39 is 5.97 Å². The lowest BCUT2D eigenvalue weighted by molar-refractivity contribution is -0.138. The first kappa shape index (κ1) is 18.9. The van der Waals surface area contributed by atoms with Crippen LogP contribution in [0.3, 0.4) is 0 Å². The van der Waals surface area contributed by atoms with Crippen LogP contribution in [0.2, 0.25) is 0 Å². The average Bonchev–Trinajstić information content (AvgIpc) is 2.32. The summed E-state index contributed by atoms with van der Waals surface area (Å²) in [6.45, 7) is 7.03. The van der Waals surface area contributed by atoms with Crippen LogP contribution in [-0.4, -0.2) is 61.3 Å². The molecular formula is C14H28N2O4. The van der Waals surface area contributed by atoms with E-state index in [1.807, 2.05) is 6.92 Å². The Morgan fingerprint density at radius 2 is 1.85 bits per heavy atom. The molecule has 20 heavy (non-hydrogen) atoms. The molecule has 0 saturated heterocycles. The third-order valence-corrected chi connectivity index (χ3v) is 2.92. The minimum atomic E-state index is -0.943. The molecule has 1 amide bonds. The van der Waals surface area contributed by atoms with Crippen LogP contribution in [0.4, 0.5) is 0 Å². The van der Waals surface area contributed by atoms with Gasteiger partial charge in [0.2, 0.25) is 5.91 Å². The molecule has 1 unspecified atom stereocenters. The summed E-state index contributed by atoms with van der Waals surface area (Å²) in [5, 5.41) is 11.7. The van der Waals surface area contributed by atoms with Gasteiger partial charge in [-0.1, -0.05) is 13.8 Å². The number of carboxylic acid groups (broad SMARTS) is 1. The molecule has 0 aromatic rings. The molecule has 118 valence electrons. The number of hydrogen-bond donors (Lipinski definition) is 2. The van der Waals surface area contributed by atoms with Gasteiger partial charge in [-0.3, -0.25) is 14.5 Å². The van der Waals surface area contributed by atoms with Crippen molar-refractivity contribution in [1.29, 1.82) is 0 Å². The van der Waals surface area contributed by atoms with Gasteiger partial charge in [-0.05, 0) is 25.7 Å². The quantitative estimate of drug-likeness (QED) is 0.592. The summed E-state index contributed by atoms with van der Waals surface area (Å²) in [6.07, 6.45) is 1.99. The van der Waals surface area contributed by atoms with Gasteiger partial charge in [0.25, 0.3) is 0 Å². The van der Waals surface area contributed by atoms with Crippen LogP contribution < -0.4 is 5.32 Å². The highest BCUT2D eigenvalue weighted by Crippen LogP contribution is 2.06. The number of ether oxygens (including phenoxy) is 1. The SMILES string of the molecule is COCCN(CC(=O)O)CC(=O)NC(C)CCC(C)C. The van der Waals surface area contributed by atoms with Gasteiger partial charge >= 0.3 is 5.97 Å². The van der Waals surface area contributed by atoms with Crippen molar-refractivity contribution in [3.63, 3.8) is 0 Å². The largest absolute Gasteiger partial charge is 0.480 e. The Balaban J connectivity index is 4.12. The van der Waals surface area contributed by atoms with Gasteiger partial charge in [-0.2, -0.15) is 0 Å². The maximum absolute atomic E-state index is 11.9. The van der Waals surface area contributed by atoms with Crippen molar-refractivity contribution in [3.05, 3.63) is 0 Å². The predicted molar refractivity (Wildman–Crippen MR) is 77.6 cm³/mol. The number of hydrogen-bond acceptors (Lipinski definition) is 4. The monoisotopic (exact) mass is 288 g/mol. The molecule has 0 aliphatic carbocycles. The van der Waals surface area contributed by atoms with E-state index >= 15 is 0 Å². The van der Waals surface area contributed by atoms with Gasteiger partial charge < -0.3 is 15.2 Å². The Morgan fingerprint density at radius 1 is 1.20 bits per heavy atom. The molecule has 0 radical (unpaired) electrons. The fraction of sp³-hybridized carbons (Fsp3) is 0.857. The minimum absolute atomic E-state index is 0.0850. The number of rotatable bonds is 11. The summed E-state index contributed by atoms with van der Waals surface area (Å²) in [5.41, 5.74) is 0. The van der Waals surface area contributed by atoms with E-state index in [2.05, 4.69) is 19.2 Å². The Morgan fingerprint density at radius 3 is 2.35 bits per heavy atom. The van der Waals surface area contributed by atoms with E-state index in [4.69, 9.17) is 9.84 Å². The van der Waals surface area contributed by atoms with Crippen LogP contribution in [-0.2, 0) is 14.3 Å². The van der Waals surface area contributed by atoms with Crippen LogP contribution in [0, 0.1) is 5.92 Å². The molecule has 2 N–H and O–H groups in total. The summed E-state index contributed by atoms with van der Waals surface area (Å²) in [5.74, 6) is -0.472. The van der Waals surface area contributed by atoms with Crippen LogP contribution in [0.15, 0.2) is 0 Å². The highest BCUT2D eigenvalue weighted by atomic mass is 16.5. The molecule has 0 aromatic heterocycles. The third-order valence-electron chi connectivity index (χ3n) is 2.92. The summed E-state index contributed by atoms with van der Waals surface area (Å²) >= 11 is 0. The Hall–Kier alpha value is -1.14. The Bertz CT molecular complexity index is 295. The lowest BCUT2D eigenvalue weighted by atomic mass is 10.0. The number of nitrogens with zero attached hydrogens (tertiary/aromatic N) is 1. The van der Waals surface area contributed by atoms with Crippen molar-refractivity contribution >= 4 is 11.9 Å². The standard InChI is InChI=1S/C14H28N2O4/c1-11(2)5-6-12(3)15-13(17)9-16(7-8-20-4)10-14(18)19/h11-12H,5-10H2,1-4H3,(H,15,17)(H,18,19). The van der Waals surface area contributed by atoms with Crippen LogP contribution >= 0.6 is 0 Å². The number of carbonyl (C=O) groups excluding carboxylic acids is 1. The number of carbonyl (C=O) groups is 2. The maximum Gasteiger partial charge on any atom is 0.317 e. The first-order chi connectivity index (χ1) is 9.35. The predicted octanol–water partition coefficient (Wildman–Crippen LogP) is 0.960. The molecule has 0 fully saturated rings. The second-order valence-corrected chi connectivity index (χ2v) is 5.54. The number of aliphatic carboxylic acids is 1. The molecule has 0 rings (SSSR count). The lowest BCUT2D eigenvalue weighted by Crippen LogP contribution is -2.43. The van der Waals surface area contributed by atoms with Gasteiger partial charge in [0.15, 0.2) is 0 Å². The van der Waals surface area contributed by atoms with Crippen molar-refractivity contribution in [2.45, 2.75) is 39.7 Å². The smallest absolute Gasteiger partial charge is 0.317 e. The van der Waals surface area contributed by atoms with E-state index in [-0.39, 0.29) is 25.0 Å². The van der Waals surface area contributed by atoms with Crippen molar-refractivity contribution < 1.29 is 19.4 Å². The van der Waals surface area contributed by atoms with E-state index in [0.29, 0.717) is 19.1 Å². The molecular weight excluding hydrogens is 260 g/mol. The molecule has 0 aliphatic rings. The first-order valence-corrected chi connectivity index (χ1v) is 7.07. The van der Waals surface area contributed by atoms with Gasteiger partial charge in [-0.25, -0.2) is 0 Å². The van der Waals surface area contributed by atoms with Crippen molar-refractivity contribution in [3.8, 4) is 0 Å². The third kappa shape index (κ3) is 10.8. The molecule has 0 bridgehead atoms. The molecule has 6 nitrogen and oxygen atoms in total. The average molecular weight is 288 g/mol. The van der Waals surface area contributed by atoms with Crippen LogP contribution in [0.1, 0.15) is 33.6 Å². The Kier molecular flexibility index (Phi) is 10.0. The molecule has 0 aliphatic heterocycles. The number of methoxy groups -OCH3 is 1. The number of nitrogens with one attached hydrogen (secondary N) is 1. The van der Waals surface area contributed by atoms with Crippen molar-refractivity contribution in [2.24, 2.45) is 5.92 Å². The topological polar surface area (TPSA) is 78.9 Å². The molecule has 0 aromatic carbocycles. The van der Waals surface area contributed by atoms with Crippen LogP contribution in [0.5, 0.6) is 0 Å². The van der Waals surface area contributed by atoms with Gasteiger partial charge in [0.1, 0.15) is 0 Å². The van der Waals surface area contributed by atoms with Gasteiger partial charge in [0, 0.05) is 19.7 Å². The highest BCUT2D eigenvalue weighted by Gasteiger charge is 2.15. The minimum Gasteiger partial charge on any atom is -0.480 e. The maximum atomic E-state index is 11.9. The van der Waals surface area contributed by atoms with E-state index in [1.165, 1.54) is 0 Å². The zero-order valence-electron chi connectivity index (χ0n) is 13.0. The number of amides is 1. The molecule has 0 spiro atoms. The van der Waals surface area contributed by atoms with E-state index in [9.17, 15) is 9.59 Å². The zero-order valence-corrected chi connectivity index (χ0v) is 13.0. The van der Waals surface area contributed by atoms with Crippen LogP contribution in [0.25, 0.3) is 0 Å². The molecule has 6 heteroatoms. The summed E-state index contributed by atoms with van der Waals surface area (Å²) in [7, 11) is 1.55. The fourth-order valence-corrected chi connectivity index (χ4v) is 1.80. The van der Waals surface area contributed by atoms with E-state index in [1.54, 1.807) is 12.0 Å². The highest BCUT2D eigenvalue weighted by molar-refractivity contribution is 5.79. The first-order valence-electron chi connectivity index (χ1n) is 7.07. The van der Waals surface area contributed by atoms with Crippen molar-refractivity contribution in [1.82, 2.24) is 10.2 Å². The lowest BCUT2D eigenvalue weighted by Gasteiger charge is -2.21. The van der Waals surface area contributed by atoms with E-state index in [0.717, 1.165) is 12.8 Å². The normalized spacial score (nSPS) is 12.7.